The largest absolute Gasteiger partial charge is 0.456 e. The van der Waals surface area contributed by atoms with Crippen LogP contribution in [0, 0.1) is 0 Å². The number of pyridine rings is 1. The molecule has 0 aliphatic rings. The molecule has 11 rings (SSSR count). The molecule has 0 amide bonds. The van der Waals surface area contributed by atoms with Crippen LogP contribution in [-0.2, 0) is 0 Å². The molecule has 0 bridgehead atoms. The molecular weight excluding hydrogens is 695 g/mol. The van der Waals surface area contributed by atoms with E-state index in [4.69, 9.17) is 19.4 Å². The van der Waals surface area contributed by atoms with Crippen molar-refractivity contribution in [2.45, 2.75) is 0 Å². The summed E-state index contributed by atoms with van der Waals surface area (Å²) in [7, 11) is 0. The van der Waals surface area contributed by atoms with Gasteiger partial charge in [-0.2, -0.15) is 0 Å². The van der Waals surface area contributed by atoms with Crippen LogP contribution in [-0.4, -0.2) is 15.0 Å². The number of hydrogen-bond donors (Lipinski definition) is 0. The maximum absolute atomic E-state index is 6.39. The Morgan fingerprint density at radius 2 is 0.842 bits per heavy atom. The molecule has 0 unspecified atom stereocenters. The molecular formula is C53H33N3O. The second kappa shape index (κ2) is 13.6. The van der Waals surface area contributed by atoms with Gasteiger partial charge in [0.15, 0.2) is 5.82 Å². The molecule has 0 aliphatic heterocycles. The summed E-state index contributed by atoms with van der Waals surface area (Å²) in [4.78, 5) is 15.9. The Balaban J connectivity index is 1.15. The zero-order chi connectivity index (χ0) is 37.7. The van der Waals surface area contributed by atoms with Crippen LogP contribution in [0.3, 0.4) is 0 Å². The highest BCUT2D eigenvalue weighted by Crippen LogP contribution is 2.42. The molecule has 0 fully saturated rings. The zero-order valence-electron chi connectivity index (χ0n) is 30.8. The Hall–Kier alpha value is -7.69. The second-order valence-corrected chi connectivity index (χ2v) is 14.4. The van der Waals surface area contributed by atoms with Crippen molar-refractivity contribution in [1.29, 1.82) is 0 Å². The van der Waals surface area contributed by atoms with Crippen molar-refractivity contribution in [3.8, 4) is 67.4 Å². The summed E-state index contributed by atoms with van der Waals surface area (Å²) in [5, 5.41) is 5.47. The third kappa shape index (κ3) is 5.83. The van der Waals surface area contributed by atoms with E-state index in [9.17, 15) is 0 Å². The van der Waals surface area contributed by atoms with Gasteiger partial charge in [-0.3, -0.25) is 0 Å². The zero-order valence-corrected chi connectivity index (χ0v) is 30.8. The van der Waals surface area contributed by atoms with Gasteiger partial charge in [0.1, 0.15) is 11.2 Å². The van der Waals surface area contributed by atoms with Crippen molar-refractivity contribution < 1.29 is 4.42 Å². The first kappa shape index (κ1) is 32.7. The smallest absolute Gasteiger partial charge is 0.160 e. The van der Waals surface area contributed by atoms with Gasteiger partial charge in [0.2, 0.25) is 0 Å². The van der Waals surface area contributed by atoms with E-state index in [1.54, 1.807) is 0 Å². The van der Waals surface area contributed by atoms with E-state index < -0.39 is 0 Å². The summed E-state index contributed by atoms with van der Waals surface area (Å²) in [5.41, 5.74) is 13.8. The fourth-order valence-corrected chi connectivity index (χ4v) is 8.11. The van der Waals surface area contributed by atoms with Crippen molar-refractivity contribution in [3.63, 3.8) is 0 Å². The van der Waals surface area contributed by atoms with Crippen LogP contribution in [0.1, 0.15) is 0 Å². The molecule has 0 saturated heterocycles. The Bertz CT molecular complexity index is 3180. The van der Waals surface area contributed by atoms with Crippen molar-refractivity contribution in [1.82, 2.24) is 15.0 Å². The summed E-state index contributed by atoms with van der Waals surface area (Å²) < 4.78 is 6.39. The van der Waals surface area contributed by atoms with Crippen molar-refractivity contribution in [2.75, 3.05) is 0 Å². The van der Waals surface area contributed by atoms with Crippen LogP contribution in [0.2, 0.25) is 0 Å². The van der Waals surface area contributed by atoms with Gasteiger partial charge in [-0.05, 0) is 64.7 Å². The molecule has 0 spiro atoms. The SMILES string of the molecule is c1ccc(-c2cccc(-c3cc(-c4ccc5c(c4)nc(-c4ccccc4)c4ccc6oc7ccccc7c6c45)nc(-c4cccc(-c5ccccc5)c4)n3)c2)cc1. The van der Waals surface area contributed by atoms with Gasteiger partial charge in [0.25, 0.3) is 0 Å². The number of benzene rings is 8. The Morgan fingerprint density at radius 3 is 1.54 bits per heavy atom. The average molecular weight is 728 g/mol. The van der Waals surface area contributed by atoms with Gasteiger partial charge in [-0.1, -0.05) is 158 Å². The Labute approximate surface area is 329 Å². The molecule has 0 N–H and O–H groups in total. The first-order valence-electron chi connectivity index (χ1n) is 19.2. The van der Waals surface area contributed by atoms with Crippen LogP contribution >= 0.6 is 0 Å². The second-order valence-electron chi connectivity index (χ2n) is 14.4. The minimum Gasteiger partial charge on any atom is -0.456 e. The van der Waals surface area contributed by atoms with Crippen molar-refractivity contribution >= 4 is 43.6 Å². The van der Waals surface area contributed by atoms with Crippen LogP contribution in [0.15, 0.2) is 205 Å². The third-order valence-corrected chi connectivity index (χ3v) is 10.9. The summed E-state index contributed by atoms with van der Waals surface area (Å²) >= 11 is 0. The number of hydrogen-bond acceptors (Lipinski definition) is 4. The summed E-state index contributed by atoms with van der Waals surface area (Å²) in [5.74, 6) is 0.661. The molecule has 0 atom stereocenters. The molecule has 3 aromatic heterocycles. The predicted molar refractivity (Wildman–Crippen MR) is 235 cm³/mol. The fraction of sp³-hybridized carbons (Fsp3) is 0. The van der Waals surface area contributed by atoms with Crippen molar-refractivity contribution in [3.05, 3.63) is 200 Å². The minimum atomic E-state index is 0.661. The highest BCUT2D eigenvalue weighted by atomic mass is 16.3. The van der Waals surface area contributed by atoms with Crippen LogP contribution < -0.4 is 0 Å². The van der Waals surface area contributed by atoms with E-state index in [2.05, 4.69) is 170 Å². The Morgan fingerprint density at radius 1 is 0.298 bits per heavy atom. The number of rotatable bonds is 6. The Kier molecular flexibility index (Phi) is 7.78. The van der Waals surface area contributed by atoms with E-state index in [1.807, 2.05) is 30.3 Å². The van der Waals surface area contributed by atoms with Crippen LogP contribution in [0.25, 0.3) is 111 Å². The first-order valence-corrected chi connectivity index (χ1v) is 19.2. The normalized spacial score (nSPS) is 11.5. The number of aromatic nitrogens is 3. The fourth-order valence-electron chi connectivity index (χ4n) is 8.11. The van der Waals surface area contributed by atoms with E-state index in [0.29, 0.717) is 5.82 Å². The standard InChI is InChI=1S/C53H33N3O/c1-4-14-34(15-5-1)37-20-12-22-39(30-37)45-33-46(56-53(55-45)41-23-13-21-38(31-41)35-16-6-2-7-17-35)40-26-27-42-47(32-40)54-52(36-18-8-3-9-19-36)44-28-29-49-51(50(42)44)43-24-10-11-25-48(43)57-49/h1-33H. The minimum absolute atomic E-state index is 0.661. The van der Waals surface area contributed by atoms with E-state index in [-0.39, 0.29) is 0 Å². The lowest BCUT2D eigenvalue weighted by atomic mass is 9.95. The molecule has 57 heavy (non-hydrogen) atoms. The lowest BCUT2D eigenvalue weighted by Gasteiger charge is -2.14. The lowest BCUT2D eigenvalue weighted by Crippen LogP contribution is -1.97. The predicted octanol–water partition coefficient (Wildman–Crippen LogP) is 14.1. The molecule has 3 heterocycles. The lowest BCUT2D eigenvalue weighted by molar-refractivity contribution is 0.669. The summed E-state index contributed by atoms with van der Waals surface area (Å²) in [6.45, 7) is 0. The quantitative estimate of drug-likeness (QED) is 0.160. The van der Waals surface area contributed by atoms with E-state index in [0.717, 1.165) is 105 Å². The van der Waals surface area contributed by atoms with Gasteiger partial charge in [-0.25, -0.2) is 15.0 Å². The highest BCUT2D eigenvalue weighted by molar-refractivity contribution is 6.28. The maximum atomic E-state index is 6.39. The highest BCUT2D eigenvalue weighted by Gasteiger charge is 2.19. The van der Waals surface area contributed by atoms with Gasteiger partial charge in [-0.15, -0.1) is 0 Å². The molecule has 11 aromatic rings. The van der Waals surface area contributed by atoms with Gasteiger partial charge < -0.3 is 4.42 Å². The molecule has 0 radical (unpaired) electrons. The van der Waals surface area contributed by atoms with Gasteiger partial charge in [0.05, 0.1) is 22.6 Å². The van der Waals surface area contributed by atoms with E-state index >= 15 is 0 Å². The molecule has 4 nitrogen and oxygen atoms in total. The molecule has 4 heteroatoms. The third-order valence-electron chi connectivity index (χ3n) is 10.9. The average Bonchev–Trinajstić information content (AvgIpc) is 3.68. The molecule has 0 aliphatic carbocycles. The first-order chi connectivity index (χ1) is 28.2. The van der Waals surface area contributed by atoms with E-state index in [1.165, 1.54) is 0 Å². The van der Waals surface area contributed by atoms with Crippen LogP contribution in [0.4, 0.5) is 0 Å². The van der Waals surface area contributed by atoms with Crippen LogP contribution in [0.5, 0.6) is 0 Å². The summed E-state index contributed by atoms with van der Waals surface area (Å²) in [6.07, 6.45) is 0. The number of para-hydroxylation sites is 1. The summed E-state index contributed by atoms with van der Waals surface area (Å²) in [6, 6.07) is 69.6. The van der Waals surface area contributed by atoms with Crippen molar-refractivity contribution in [2.24, 2.45) is 0 Å². The molecule has 8 aromatic carbocycles. The molecule has 266 valence electrons. The topological polar surface area (TPSA) is 51.8 Å². The molecule has 0 saturated carbocycles. The number of nitrogens with zero attached hydrogens (tertiary/aromatic N) is 3. The number of furan rings is 1. The monoisotopic (exact) mass is 727 g/mol. The maximum Gasteiger partial charge on any atom is 0.160 e. The van der Waals surface area contributed by atoms with Gasteiger partial charge in [0, 0.05) is 49.2 Å². The van der Waals surface area contributed by atoms with Gasteiger partial charge >= 0.3 is 0 Å². The number of fused-ring (bicyclic) bond motifs is 7.